The lowest BCUT2D eigenvalue weighted by Gasteiger charge is -2.69. The first-order valence-electron chi connectivity index (χ1n) is 27.0. The van der Waals surface area contributed by atoms with E-state index >= 15 is 0 Å². The maximum absolute atomic E-state index is 13.7. The smallest absolute Gasteiger partial charge is 0.306 e. The second kappa shape index (κ2) is 28.0. The van der Waals surface area contributed by atoms with Gasteiger partial charge in [0.25, 0.3) is 0 Å². The summed E-state index contributed by atoms with van der Waals surface area (Å²) < 4.78 is 24.8. The highest BCUT2D eigenvalue weighted by atomic mass is 16.7. The predicted molar refractivity (Wildman–Crippen MR) is 254 cm³/mol. The van der Waals surface area contributed by atoms with Crippen molar-refractivity contribution in [3.8, 4) is 0 Å². The van der Waals surface area contributed by atoms with Crippen molar-refractivity contribution < 1.29 is 43.5 Å². The Labute approximate surface area is 389 Å². The summed E-state index contributed by atoms with van der Waals surface area (Å²) in [5.41, 5.74) is -1.29. The van der Waals surface area contributed by atoms with E-state index in [2.05, 4.69) is 25.7 Å². The van der Waals surface area contributed by atoms with Gasteiger partial charge in [-0.3, -0.25) is 14.4 Å². The Bertz CT molecular complexity index is 1400. The van der Waals surface area contributed by atoms with Crippen LogP contribution in [0.1, 0.15) is 220 Å². The zero-order valence-corrected chi connectivity index (χ0v) is 41.0. The minimum absolute atomic E-state index is 0.0138. The summed E-state index contributed by atoms with van der Waals surface area (Å²) in [7, 11) is 0. The van der Waals surface area contributed by atoms with Gasteiger partial charge in [-0.1, -0.05) is 111 Å². The van der Waals surface area contributed by atoms with Crippen LogP contribution >= 0.6 is 0 Å². The zero-order chi connectivity index (χ0) is 45.7. The minimum atomic E-state index is -1.53. The normalized spacial score (nSPS) is 28.2. The van der Waals surface area contributed by atoms with Crippen LogP contribution in [0.2, 0.25) is 0 Å². The van der Waals surface area contributed by atoms with Gasteiger partial charge in [-0.2, -0.15) is 0 Å². The fourth-order valence-electron chi connectivity index (χ4n) is 12.7. The van der Waals surface area contributed by atoms with Crippen LogP contribution in [-0.2, 0) is 33.3 Å². The Morgan fingerprint density at radius 2 is 1.36 bits per heavy atom. The van der Waals surface area contributed by atoms with Crippen molar-refractivity contribution in [1.82, 2.24) is 4.90 Å². The predicted octanol–water partition coefficient (Wildman–Crippen LogP) is 11.2. The van der Waals surface area contributed by atoms with Gasteiger partial charge in [-0.05, 0) is 139 Å². The molecule has 1 heterocycles. The molecule has 1 saturated heterocycles. The molecule has 1 spiro atoms. The number of hydrogen-bond donors (Lipinski definition) is 2. The van der Waals surface area contributed by atoms with Gasteiger partial charge in [-0.15, -0.1) is 0 Å². The average molecular weight is 900 g/mol. The van der Waals surface area contributed by atoms with Crippen LogP contribution in [0.5, 0.6) is 0 Å². The number of ether oxygens (including phenoxy) is 4. The number of ketones is 2. The highest BCUT2D eigenvalue weighted by Gasteiger charge is 2.73. The van der Waals surface area contributed by atoms with E-state index in [1.807, 2.05) is 6.08 Å². The van der Waals surface area contributed by atoms with Gasteiger partial charge in [0.1, 0.15) is 5.60 Å². The highest BCUT2D eigenvalue weighted by molar-refractivity contribution is 5.92. The summed E-state index contributed by atoms with van der Waals surface area (Å²) in [6.07, 6.45) is 33.4. The lowest BCUT2D eigenvalue weighted by atomic mass is 9.45. The summed E-state index contributed by atoms with van der Waals surface area (Å²) in [5.74, 6) is 0.387. The Kier molecular flexibility index (Phi) is 23.3. The number of aliphatic hydroxyl groups is 2. The van der Waals surface area contributed by atoms with Crippen molar-refractivity contribution in [3.05, 3.63) is 11.6 Å². The number of fused-ring (bicyclic) bond motifs is 2. The van der Waals surface area contributed by atoms with E-state index in [1.54, 1.807) is 0 Å². The van der Waals surface area contributed by atoms with Crippen LogP contribution in [0.25, 0.3) is 0 Å². The Hall–Kier alpha value is -1.69. The van der Waals surface area contributed by atoms with E-state index < -0.39 is 11.0 Å². The molecule has 7 atom stereocenters. The lowest BCUT2D eigenvalue weighted by Crippen LogP contribution is -2.72. The molecular weight excluding hydrogens is 807 g/mol. The standard InChI is InChI=1S/C54H93NO9/c1-4-6-8-10-12-14-24-38-61-50(62-39-25-15-13-11-9-7-5-2)27-19-17-21-35-55(36-22-23-37-56)34-20-16-18-26-49(59)63-42-48(58)54(60)33-31-46-45-29-28-43-40-44(57)30-32-53(43)51(45)47(64-53)41-52(46,54)3/h40,45-47,50-51,56,60H,4-39,41-42H2,1-3H3. The third-order valence-corrected chi connectivity index (χ3v) is 16.4. The molecule has 0 aromatic heterocycles. The monoisotopic (exact) mass is 900 g/mol. The molecule has 2 N–H and O–H groups in total. The fraction of sp³-hybridized carbons (Fsp3) is 0.907. The molecule has 5 aliphatic rings. The van der Waals surface area contributed by atoms with Gasteiger partial charge < -0.3 is 34.1 Å². The minimum Gasteiger partial charge on any atom is -0.458 e. The molecule has 7 unspecified atom stereocenters. The third-order valence-electron chi connectivity index (χ3n) is 16.4. The highest BCUT2D eigenvalue weighted by Crippen LogP contribution is 2.71. The Morgan fingerprint density at radius 3 is 2.00 bits per heavy atom. The first kappa shape index (κ1) is 53.3. The number of carbonyl (C=O) groups is 3. The van der Waals surface area contributed by atoms with Gasteiger partial charge in [0.05, 0.1) is 11.7 Å². The van der Waals surface area contributed by atoms with Gasteiger partial charge in [0, 0.05) is 44.0 Å². The number of hydrogen-bond acceptors (Lipinski definition) is 10. The fourth-order valence-corrected chi connectivity index (χ4v) is 12.7. The van der Waals surface area contributed by atoms with Crippen molar-refractivity contribution in [1.29, 1.82) is 0 Å². The van der Waals surface area contributed by atoms with E-state index in [0.717, 1.165) is 123 Å². The van der Waals surface area contributed by atoms with Crippen molar-refractivity contribution >= 4 is 17.5 Å². The number of unbranched alkanes of at least 4 members (excludes halogenated alkanes) is 17. The summed E-state index contributed by atoms with van der Waals surface area (Å²) in [6.45, 7) is 11.0. The van der Waals surface area contributed by atoms with E-state index in [1.165, 1.54) is 82.6 Å². The van der Waals surface area contributed by atoms with E-state index in [9.17, 15) is 24.6 Å². The molecule has 0 bridgehead atoms. The van der Waals surface area contributed by atoms with Crippen LogP contribution in [-0.4, -0.2) is 102 Å². The molecule has 0 aromatic carbocycles. The summed E-state index contributed by atoms with van der Waals surface area (Å²) in [6, 6.07) is 0. The van der Waals surface area contributed by atoms with Crippen LogP contribution in [0.15, 0.2) is 11.6 Å². The Morgan fingerprint density at radius 1 is 0.766 bits per heavy atom. The molecule has 5 rings (SSSR count). The topological polar surface area (TPSA) is 132 Å². The average Bonchev–Trinajstić information content (AvgIpc) is 3.56. The molecule has 4 aliphatic carbocycles. The number of esters is 1. The van der Waals surface area contributed by atoms with Crippen LogP contribution in [0.4, 0.5) is 0 Å². The molecule has 1 aliphatic heterocycles. The molecule has 0 radical (unpaired) electrons. The van der Waals surface area contributed by atoms with E-state index in [-0.39, 0.29) is 61.1 Å². The largest absolute Gasteiger partial charge is 0.458 e. The lowest BCUT2D eigenvalue weighted by molar-refractivity contribution is -0.317. The van der Waals surface area contributed by atoms with Crippen LogP contribution < -0.4 is 0 Å². The first-order chi connectivity index (χ1) is 31.1. The molecule has 64 heavy (non-hydrogen) atoms. The molecule has 4 fully saturated rings. The van der Waals surface area contributed by atoms with Crippen LogP contribution in [0, 0.1) is 23.2 Å². The van der Waals surface area contributed by atoms with Gasteiger partial charge in [0.2, 0.25) is 5.78 Å². The maximum atomic E-state index is 13.7. The third kappa shape index (κ3) is 14.7. The summed E-state index contributed by atoms with van der Waals surface area (Å²) >= 11 is 0. The second-order valence-corrected chi connectivity index (χ2v) is 21.0. The zero-order valence-electron chi connectivity index (χ0n) is 41.0. The molecule has 0 aromatic rings. The van der Waals surface area contributed by atoms with Gasteiger partial charge in [-0.25, -0.2) is 0 Å². The number of nitrogens with zero attached hydrogens (tertiary/aromatic N) is 1. The van der Waals surface area contributed by atoms with Crippen molar-refractivity contribution in [2.24, 2.45) is 23.2 Å². The first-order valence-corrected chi connectivity index (χ1v) is 27.0. The number of carbonyl (C=O) groups excluding carboxylic acids is 3. The van der Waals surface area contributed by atoms with Crippen molar-refractivity contribution in [3.63, 3.8) is 0 Å². The summed E-state index contributed by atoms with van der Waals surface area (Å²) in [5, 5.41) is 21.5. The number of aliphatic hydroxyl groups excluding tert-OH is 1. The van der Waals surface area contributed by atoms with Gasteiger partial charge >= 0.3 is 5.97 Å². The number of Topliss-reactive ketones (excluding diaryl/α,β-unsaturated/α-hetero) is 1. The van der Waals surface area contributed by atoms with Gasteiger partial charge in [0.15, 0.2) is 18.7 Å². The van der Waals surface area contributed by atoms with Crippen LogP contribution in [0.3, 0.4) is 0 Å². The second-order valence-electron chi connectivity index (χ2n) is 21.0. The quantitative estimate of drug-likeness (QED) is 0.0353. The molecule has 368 valence electrons. The summed E-state index contributed by atoms with van der Waals surface area (Å²) in [4.78, 5) is 41.3. The van der Waals surface area contributed by atoms with Crippen molar-refractivity contribution in [2.45, 2.75) is 243 Å². The molecule has 10 heteroatoms. The molecule has 0 amide bonds. The van der Waals surface area contributed by atoms with E-state index in [0.29, 0.717) is 37.5 Å². The molecule has 3 saturated carbocycles. The van der Waals surface area contributed by atoms with E-state index in [4.69, 9.17) is 18.9 Å². The Balaban J connectivity index is 0.959. The van der Waals surface area contributed by atoms with Crippen molar-refractivity contribution in [2.75, 3.05) is 46.1 Å². The maximum Gasteiger partial charge on any atom is 0.306 e. The SMILES string of the molecule is CCCCCCCCCOC(CCCCCN(CCCCO)CCCCCC(=O)OCC(=O)C1(O)CCC2C3CCC4=CC(=O)CCC45OC(CC21C)C35)OCCCCCCCCC. The molecular formula is C54H93NO9. The number of rotatable bonds is 37. The molecule has 10 nitrogen and oxygen atoms in total.